The molecule has 0 saturated heterocycles. The minimum Gasteiger partial charge on any atom is -0.309 e. The zero-order valence-corrected chi connectivity index (χ0v) is 28.6. The first kappa shape index (κ1) is 29.5. The average Bonchev–Trinajstić information content (AvgIpc) is 3.72. The van der Waals surface area contributed by atoms with Gasteiger partial charge in [-0.15, -0.1) is 10.0 Å². The Kier molecular flexibility index (Phi) is 6.86. The molecule has 244 valence electrons. The van der Waals surface area contributed by atoms with Gasteiger partial charge in [0.2, 0.25) is 0 Å². The molecule has 0 N–H and O–H groups in total. The normalized spacial score (nSPS) is 13.9. The topological polar surface area (TPSA) is 14.7 Å². The van der Waals surface area contributed by atoms with Gasteiger partial charge in [-0.2, -0.15) is 5.12 Å². The fraction of sp³-hybridized carbons (Fsp3) is 0. The van der Waals surface area contributed by atoms with Crippen LogP contribution in [0.4, 0.5) is 17.1 Å². The Morgan fingerprint density at radius 2 is 0.902 bits per heavy atom. The molecule has 2 aliphatic rings. The molecule has 0 amide bonds. The molecule has 10 rings (SSSR count). The van der Waals surface area contributed by atoms with Gasteiger partial charge in [0.15, 0.2) is 0 Å². The van der Waals surface area contributed by atoms with E-state index in [-0.39, 0.29) is 0 Å². The maximum absolute atomic E-state index is 2.41. The van der Waals surface area contributed by atoms with E-state index in [1.54, 1.807) is 0 Å². The molecule has 0 unspecified atom stereocenters. The number of allylic oxidation sites excluding steroid dienone is 2. The molecule has 8 aromatic rings. The van der Waals surface area contributed by atoms with Gasteiger partial charge in [-0.3, -0.25) is 0 Å². The van der Waals surface area contributed by atoms with Gasteiger partial charge in [0.05, 0.1) is 28.1 Å². The number of hydrogen-bond acceptors (Lipinski definition) is 3. The lowest BCUT2D eigenvalue weighted by Gasteiger charge is -2.42. The van der Waals surface area contributed by atoms with E-state index < -0.39 is 10.0 Å². The van der Waals surface area contributed by atoms with Crippen LogP contribution in [0.3, 0.4) is 0 Å². The van der Waals surface area contributed by atoms with Crippen molar-refractivity contribution in [3.63, 3.8) is 0 Å². The maximum atomic E-state index is 2.41. The van der Waals surface area contributed by atoms with Gasteiger partial charge >= 0.3 is 0 Å². The maximum Gasteiger partial charge on any atom is 0.0923 e. The molecule has 1 aromatic heterocycles. The van der Waals surface area contributed by atoms with Crippen LogP contribution in [0.15, 0.2) is 226 Å². The third-order valence-corrected chi connectivity index (χ3v) is 13.9. The molecular formula is C46H34N4S. The Balaban J connectivity index is 1.17. The van der Waals surface area contributed by atoms with E-state index in [2.05, 4.69) is 226 Å². The van der Waals surface area contributed by atoms with E-state index in [1.165, 1.54) is 41.4 Å². The van der Waals surface area contributed by atoms with Crippen molar-refractivity contribution in [2.24, 2.45) is 0 Å². The third-order valence-electron chi connectivity index (χ3n) is 9.96. The fourth-order valence-electron chi connectivity index (χ4n) is 7.83. The predicted molar refractivity (Wildman–Crippen MR) is 212 cm³/mol. The van der Waals surface area contributed by atoms with Crippen molar-refractivity contribution in [1.29, 1.82) is 0 Å². The van der Waals surface area contributed by atoms with Gasteiger partial charge in [-0.25, -0.2) is 10.0 Å². The number of anilines is 3. The van der Waals surface area contributed by atoms with Gasteiger partial charge in [-0.05, 0) is 97.1 Å². The lowest BCUT2D eigenvalue weighted by molar-refractivity contribution is 0.408. The van der Waals surface area contributed by atoms with E-state index in [0.717, 1.165) is 22.7 Å². The van der Waals surface area contributed by atoms with Crippen LogP contribution in [0.1, 0.15) is 0 Å². The van der Waals surface area contributed by atoms with Crippen molar-refractivity contribution in [1.82, 2.24) is 9.69 Å². The molecule has 5 heteroatoms. The molecule has 0 bridgehead atoms. The first-order valence-electron chi connectivity index (χ1n) is 17.3. The number of rotatable bonds is 6. The van der Waals surface area contributed by atoms with E-state index in [4.69, 9.17) is 0 Å². The summed E-state index contributed by atoms with van der Waals surface area (Å²) in [7, 11) is -1.84. The number of aromatic nitrogens is 1. The van der Waals surface area contributed by atoms with Crippen LogP contribution in [-0.2, 0) is 0 Å². The minimum atomic E-state index is -1.84. The van der Waals surface area contributed by atoms with Crippen molar-refractivity contribution < 1.29 is 0 Å². The van der Waals surface area contributed by atoms with Crippen LogP contribution in [-0.4, -0.2) is 9.69 Å². The summed E-state index contributed by atoms with van der Waals surface area (Å²) in [5, 5.41) is 9.31. The summed E-state index contributed by atoms with van der Waals surface area (Å²) in [6, 6.07) is 66.5. The van der Waals surface area contributed by atoms with Gasteiger partial charge in [0.1, 0.15) is 0 Å². The summed E-state index contributed by atoms with van der Waals surface area (Å²) in [4.78, 5) is 5.20. The molecule has 51 heavy (non-hydrogen) atoms. The second-order valence-corrected chi connectivity index (χ2v) is 15.9. The summed E-state index contributed by atoms with van der Waals surface area (Å²) in [6.45, 7) is 0. The molecule has 0 atom stereocenters. The summed E-state index contributed by atoms with van der Waals surface area (Å²) in [5.74, 6) is 0. The lowest BCUT2D eigenvalue weighted by Crippen LogP contribution is -2.40. The quantitative estimate of drug-likeness (QED) is 0.174. The van der Waals surface area contributed by atoms with E-state index >= 15 is 0 Å². The Morgan fingerprint density at radius 1 is 0.373 bits per heavy atom. The Bertz CT molecular complexity index is 2460. The highest BCUT2D eigenvalue weighted by molar-refractivity contribution is 8.34. The number of para-hydroxylation sites is 2. The monoisotopic (exact) mass is 674 g/mol. The van der Waals surface area contributed by atoms with Crippen molar-refractivity contribution in [2.45, 2.75) is 19.6 Å². The SMILES string of the molecule is C1=CN2c3cc(-n4c5ccccc5c5ccccc54)ccc3N(c3cccc(S(c4ccccc4)(c4ccccc4)c4ccccc4)c3)N2C=C1. The molecule has 0 aliphatic carbocycles. The summed E-state index contributed by atoms with van der Waals surface area (Å²) in [5.41, 5.74) is 6.87. The molecule has 7 aromatic carbocycles. The Morgan fingerprint density at radius 3 is 1.51 bits per heavy atom. The highest BCUT2D eigenvalue weighted by Gasteiger charge is 2.37. The van der Waals surface area contributed by atoms with Gasteiger partial charge in [-0.1, -0.05) is 97.1 Å². The molecule has 4 nitrogen and oxygen atoms in total. The summed E-state index contributed by atoms with van der Waals surface area (Å²) in [6.07, 6.45) is 8.48. The first-order chi connectivity index (χ1) is 25.3. The highest BCUT2D eigenvalue weighted by atomic mass is 32.3. The van der Waals surface area contributed by atoms with Crippen molar-refractivity contribution in [3.05, 3.63) is 207 Å². The standard InChI is InChI=1S/C46H34N4S/c1-4-18-37(19-5-1)51(38-20-6-2-7-21-38,39-22-8-3-9-23-39)40-24-16-17-36(33-40)50-45-30-29-35(34-46(45)47-31-14-15-32-48(47)50)49-43-27-12-10-25-41(43)42-26-11-13-28-44(42)49/h1-34H. The fourth-order valence-corrected chi connectivity index (χ4v) is 11.7. The van der Waals surface area contributed by atoms with Crippen molar-refractivity contribution >= 4 is 48.9 Å². The molecule has 3 heterocycles. The Labute approximate surface area is 299 Å². The second-order valence-electron chi connectivity index (χ2n) is 12.8. The minimum absolute atomic E-state index is 1.10. The van der Waals surface area contributed by atoms with Crippen molar-refractivity contribution in [3.8, 4) is 5.69 Å². The molecular weight excluding hydrogens is 641 g/mol. The van der Waals surface area contributed by atoms with E-state index in [9.17, 15) is 0 Å². The third kappa shape index (κ3) is 4.48. The number of nitrogens with zero attached hydrogens (tertiary/aromatic N) is 4. The smallest absolute Gasteiger partial charge is 0.0923 e. The number of benzene rings is 7. The molecule has 0 spiro atoms. The number of hydrazine groups is 2. The van der Waals surface area contributed by atoms with Crippen LogP contribution in [0, 0.1) is 0 Å². The van der Waals surface area contributed by atoms with Crippen LogP contribution >= 0.6 is 10.0 Å². The van der Waals surface area contributed by atoms with Crippen LogP contribution < -0.4 is 10.0 Å². The lowest BCUT2D eigenvalue weighted by atomic mass is 10.2. The predicted octanol–water partition coefficient (Wildman–Crippen LogP) is 12.3. The summed E-state index contributed by atoms with van der Waals surface area (Å²) < 4.78 is 2.39. The number of fused-ring (bicyclic) bond motifs is 6. The zero-order valence-electron chi connectivity index (χ0n) is 27.8. The Hall–Kier alpha value is -6.43. The largest absolute Gasteiger partial charge is 0.309 e. The van der Waals surface area contributed by atoms with Crippen molar-refractivity contribution in [2.75, 3.05) is 10.0 Å². The second kappa shape index (κ2) is 11.9. The van der Waals surface area contributed by atoms with Crippen LogP contribution in [0.25, 0.3) is 27.5 Å². The number of hydrogen-bond donors (Lipinski definition) is 0. The average molecular weight is 675 g/mol. The highest BCUT2D eigenvalue weighted by Crippen LogP contribution is 2.73. The summed E-state index contributed by atoms with van der Waals surface area (Å²) >= 11 is 0. The van der Waals surface area contributed by atoms with Gasteiger partial charge < -0.3 is 4.57 Å². The molecule has 0 radical (unpaired) electrons. The van der Waals surface area contributed by atoms with Gasteiger partial charge in [0, 0.05) is 48.4 Å². The first-order valence-corrected chi connectivity index (χ1v) is 18.9. The molecule has 0 saturated carbocycles. The van der Waals surface area contributed by atoms with E-state index in [0.29, 0.717) is 0 Å². The van der Waals surface area contributed by atoms with Gasteiger partial charge in [0.25, 0.3) is 0 Å². The zero-order chi connectivity index (χ0) is 33.8. The molecule has 0 fully saturated rings. The van der Waals surface area contributed by atoms with Crippen LogP contribution in [0.2, 0.25) is 0 Å². The van der Waals surface area contributed by atoms with Crippen LogP contribution in [0.5, 0.6) is 0 Å². The van der Waals surface area contributed by atoms with E-state index in [1.807, 2.05) is 0 Å². The molecule has 2 aliphatic heterocycles.